The highest BCUT2D eigenvalue weighted by Gasteiger charge is 2.30. The molecule has 0 saturated carbocycles. The van der Waals surface area contributed by atoms with Gasteiger partial charge < -0.3 is 42.6 Å². The third-order valence-electron chi connectivity index (χ3n) is 4.99. The predicted molar refractivity (Wildman–Crippen MR) is 127 cm³/mol. The minimum atomic E-state index is -1.31. The summed E-state index contributed by atoms with van der Waals surface area (Å²) in [5, 5.41) is 25.4. The third-order valence-corrected chi connectivity index (χ3v) is 5.36. The number of carbonyl (C=O) groups excluding carboxylic acids is 3. The molecule has 0 bridgehead atoms. The van der Waals surface area contributed by atoms with Crippen LogP contribution in [0.3, 0.4) is 0 Å². The number of rotatable bonds is 17. The van der Waals surface area contributed by atoms with Crippen molar-refractivity contribution in [3.8, 4) is 0 Å². The number of aromatic nitrogens is 2. The summed E-state index contributed by atoms with van der Waals surface area (Å²) in [7, 11) is 0. The van der Waals surface area contributed by atoms with Gasteiger partial charge in [-0.1, -0.05) is 6.42 Å². The molecule has 4 atom stereocenters. The lowest BCUT2D eigenvalue weighted by Gasteiger charge is -2.24. The van der Waals surface area contributed by atoms with Crippen LogP contribution in [0, 0.1) is 0 Å². The van der Waals surface area contributed by atoms with Crippen LogP contribution >= 0.6 is 12.6 Å². The monoisotopic (exact) mass is 515 g/mol. The summed E-state index contributed by atoms with van der Waals surface area (Å²) < 4.78 is 0. The molecule has 1 rings (SSSR count). The zero-order valence-corrected chi connectivity index (χ0v) is 20.0. The molecule has 35 heavy (non-hydrogen) atoms. The van der Waals surface area contributed by atoms with Crippen LogP contribution in [-0.4, -0.2) is 86.3 Å². The van der Waals surface area contributed by atoms with Crippen LogP contribution in [0.15, 0.2) is 12.5 Å². The second kappa shape index (κ2) is 15.7. The molecular formula is C20H33N7O7S. The lowest BCUT2D eigenvalue weighted by atomic mass is 10.1. The molecule has 0 aromatic carbocycles. The Morgan fingerprint density at radius 2 is 1.60 bits per heavy atom. The Bertz CT molecular complexity index is 853. The van der Waals surface area contributed by atoms with Gasteiger partial charge in [0.05, 0.1) is 12.4 Å². The third kappa shape index (κ3) is 11.2. The number of carboxylic acids is 2. The summed E-state index contributed by atoms with van der Waals surface area (Å²) in [6, 6.07) is -4.79. The van der Waals surface area contributed by atoms with E-state index >= 15 is 0 Å². The predicted octanol–water partition coefficient (Wildman–Crippen LogP) is -2.26. The Kier molecular flexibility index (Phi) is 13.4. The van der Waals surface area contributed by atoms with E-state index in [0.717, 1.165) is 0 Å². The summed E-state index contributed by atoms with van der Waals surface area (Å²) in [6.45, 7) is 0.438. The average molecular weight is 516 g/mol. The van der Waals surface area contributed by atoms with Crippen molar-refractivity contribution in [2.24, 2.45) is 11.5 Å². The standard InChI is InChI=1S/C20H33N7O7S/c21-6-2-1-3-12(22)17(30)25-13(4-5-16(28)29)18(31)26-14(7-11-8-23-10-24-11)19(32)27-15(9-35)20(33)34/h8,10,12-15,35H,1-7,9,21-22H2,(H,23,24)(H,25,30)(H,26,31)(H,27,32)(H,28,29)(H,33,34). The fraction of sp³-hybridized carbons (Fsp3) is 0.600. The molecule has 15 heteroatoms. The van der Waals surface area contributed by atoms with Gasteiger partial charge in [-0.3, -0.25) is 19.2 Å². The molecule has 196 valence electrons. The Morgan fingerprint density at radius 1 is 0.971 bits per heavy atom. The topological polar surface area (TPSA) is 243 Å². The molecule has 0 radical (unpaired) electrons. The lowest BCUT2D eigenvalue weighted by Crippen LogP contribution is -2.58. The first-order valence-electron chi connectivity index (χ1n) is 11.0. The second-order valence-corrected chi connectivity index (χ2v) is 8.17. The Morgan fingerprint density at radius 3 is 2.14 bits per heavy atom. The summed E-state index contributed by atoms with van der Waals surface area (Å²) in [5.74, 6) is -4.97. The first-order valence-corrected chi connectivity index (χ1v) is 11.6. The van der Waals surface area contributed by atoms with Crippen LogP contribution in [0.4, 0.5) is 0 Å². The Hall–Kier alpha value is -3.17. The molecule has 1 aromatic rings. The minimum Gasteiger partial charge on any atom is -0.481 e. The normalized spacial score (nSPS) is 14.3. The average Bonchev–Trinajstić information content (AvgIpc) is 3.32. The number of nitrogens with one attached hydrogen (secondary N) is 4. The fourth-order valence-electron chi connectivity index (χ4n) is 3.01. The van der Waals surface area contributed by atoms with Crippen LogP contribution < -0.4 is 27.4 Å². The number of thiol groups is 1. The number of carboxylic acid groups (broad SMARTS) is 2. The molecule has 1 aromatic heterocycles. The van der Waals surface area contributed by atoms with Gasteiger partial charge in [-0.2, -0.15) is 12.6 Å². The number of imidazole rings is 1. The second-order valence-electron chi connectivity index (χ2n) is 7.81. The van der Waals surface area contributed by atoms with E-state index in [4.69, 9.17) is 16.6 Å². The van der Waals surface area contributed by atoms with Crippen LogP contribution in [-0.2, 0) is 30.4 Å². The van der Waals surface area contributed by atoms with Crippen molar-refractivity contribution in [2.75, 3.05) is 12.3 Å². The van der Waals surface area contributed by atoms with Crippen molar-refractivity contribution >= 4 is 42.3 Å². The number of nitrogens with zero attached hydrogens (tertiary/aromatic N) is 1. The van der Waals surface area contributed by atoms with E-state index in [1.165, 1.54) is 12.5 Å². The molecule has 0 fully saturated rings. The van der Waals surface area contributed by atoms with E-state index in [9.17, 15) is 29.1 Å². The first kappa shape index (κ1) is 29.9. The highest BCUT2D eigenvalue weighted by Crippen LogP contribution is 2.06. The summed E-state index contributed by atoms with van der Waals surface area (Å²) >= 11 is 3.90. The number of H-pyrrole nitrogens is 1. The molecule has 0 saturated heterocycles. The van der Waals surface area contributed by atoms with Gasteiger partial charge in [0, 0.05) is 30.5 Å². The molecule has 0 aliphatic heterocycles. The van der Waals surface area contributed by atoms with Crippen molar-refractivity contribution in [3.63, 3.8) is 0 Å². The van der Waals surface area contributed by atoms with Crippen LogP contribution in [0.5, 0.6) is 0 Å². The molecule has 3 amide bonds. The van der Waals surface area contributed by atoms with Gasteiger partial charge >= 0.3 is 11.9 Å². The molecule has 4 unspecified atom stereocenters. The molecule has 0 aliphatic rings. The van der Waals surface area contributed by atoms with Gasteiger partial charge in [-0.15, -0.1) is 0 Å². The molecule has 14 nitrogen and oxygen atoms in total. The maximum Gasteiger partial charge on any atom is 0.327 e. The fourth-order valence-corrected chi connectivity index (χ4v) is 3.26. The summed E-state index contributed by atoms with van der Waals surface area (Å²) in [6.07, 6.45) is 3.60. The van der Waals surface area contributed by atoms with Gasteiger partial charge in [0.2, 0.25) is 17.7 Å². The number of aromatic amines is 1. The van der Waals surface area contributed by atoms with Gasteiger partial charge in [0.25, 0.3) is 0 Å². The molecule has 10 N–H and O–H groups in total. The number of unbranched alkanes of at least 4 members (excludes halogenated alkanes) is 1. The van der Waals surface area contributed by atoms with Crippen molar-refractivity contribution in [1.29, 1.82) is 0 Å². The first-order chi connectivity index (χ1) is 16.6. The molecule has 0 spiro atoms. The highest BCUT2D eigenvalue weighted by molar-refractivity contribution is 7.80. The maximum absolute atomic E-state index is 13.0. The lowest BCUT2D eigenvalue weighted by molar-refractivity contribution is -0.141. The minimum absolute atomic E-state index is 0.0747. The quantitative estimate of drug-likeness (QED) is 0.0796. The van der Waals surface area contributed by atoms with Crippen LogP contribution in [0.25, 0.3) is 0 Å². The number of aliphatic carboxylic acids is 2. The van der Waals surface area contributed by atoms with E-state index < -0.39 is 60.2 Å². The molecular weight excluding hydrogens is 482 g/mol. The maximum atomic E-state index is 13.0. The Labute approximate surface area is 207 Å². The SMILES string of the molecule is NCCCCC(N)C(=O)NC(CCC(=O)O)C(=O)NC(Cc1cnc[nH]1)C(=O)NC(CS)C(=O)O. The van der Waals surface area contributed by atoms with Gasteiger partial charge in [-0.05, 0) is 25.8 Å². The van der Waals surface area contributed by atoms with E-state index in [1.54, 1.807) is 0 Å². The van der Waals surface area contributed by atoms with Crippen molar-refractivity contribution in [2.45, 2.75) is 62.7 Å². The van der Waals surface area contributed by atoms with Crippen molar-refractivity contribution < 1.29 is 34.2 Å². The summed E-state index contributed by atoms with van der Waals surface area (Å²) in [5.41, 5.74) is 11.8. The number of hydrogen-bond acceptors (Lipinski definition) is 9. The van der Waals surface area contributed by atoms with Crippen molar-refractivity contribution in [1.82, 2.24) is 25.9 Å². The van der Waals surface area contributed by atoms with E-state index in [-0.39, 0.29) is 18.6 Å². The number of nitrogens with two attached hydrogens (primary N) is 2. The van der Waals surface area contributed by atoms with E-state index in [2.05, 4.69) is 38.5 Å². The van der Waals surface area contributed by atoms with E-state index in [0.29, 0.717) is 31.5 Å². The highest BCUT2D eigenvalue weighted by atomic mass is 32.1. The largest absolute Gasteiger partial charge is 0.481 e. The van der Waals surface area contributed by atoms with Crippen LogP contribution in [0.1, 0.15) is 37.8 Å². The van der Waals surface area contributed by atoms with Gasteiger partial charge in [0.15, 0.2) is 0 Å². The zero-order valence-electron chi connectivity index (χ0n) is 19.1. The number of amides is 3. The Balaban J connectivity index is 3.00. The summed E-state index contributed by atoms with van der Waals surface area (Å²) in [4.78, 5) is 67.2. The smallest absolute Gasteiger partial charge is 0.327 e. The van der Waals surface area contributed by atoms with Gasteiger partial charge in [0.1, 0.15) is 18.1 Å². The van der Waals surface area contributed by atoms with Crippen molar-refractivity contribution in [3.05, 3.63) is 18.2 Å². The number of hydrogen-bond donors (Lipinski definition) is 9. The zero-order chi connectivity index (χ0) is 26.4. The van der Waals surface area contributed by atoms with Gasteiger partial charge in [-0.25, -0.2) is 9.78 Å². The number of carbonyl (C=O) groups is 5. The molecule has 0 aliphatic carbocycles. The van der Waals surface area contributed by atoms with E-state index in [1.807, 2.05) is 0 Å². The molecule has 1 heterocycles. The van der Waals surface area contributed by atoms with Crippen LogP contribution in [0.2, 0.25) is 0 Å².